The molecule has 0 spiro atoms. The van der Waals surface area contributed by atoms with Crippen molar-refractivity contribution in [3.8, 4) is 0 Å². The molecule has 2 aliphatic heterocycles. The smallest absolute Gasteiger partial charge is 0.238 e. The van der Waals surface area contributed by atoms with Gasteiger partial charge in [-0.2, -0.15) is 0 Å². The molecule has 0 saturated carbocycles. The molecule has 2 aliphatic rings. The van der Waals surface area contributed by atoms with Gasteiger partial charge in [0.25, 0.3) is 0 Å². The number of halogens is 2. The lowest BCUT2D eigenvalue weighted by molar-refractivity contribution is -0.122. The monoisotopic (exact) mass is 364 g/mol. The highest BCUT2D eigenvalue weighted by molar-refractivity contribution is 7.99. The molecule has 1 atom stereocenters. The number of thioether (sulfide) groups is 1. The first-order valence-electron chi connectivity index (χ1n) is 7.11. The lowest BCUT2D eigenvalue weighted by Gasteiger charge is -2.16. The second-order valence-corrected chi connectivity index (χ2v) is 6.24. The molecule has 2 fully saturated rings. The standard InChI is InChI=1S/C14H20N4OS.2ClH/c19-14(12-9-20-10-17-12)16-8-11-3-4-13(15-7-11)18-5-1-2-6-18;;/h3-4,7,12,17H,1-2,5-6,8-10H2,(H,16,19);2*1H. The number of aromatic nitrogens is 1. The Hall–Kier alpha value is -0.690. The van der Waals surface area contributed by atoms with E-state index in [4.69, 9.17) is 0 Å². The van der Waals surface area contributed by atoms with Gasteiger partial charge in [0.05, 0.1) is 6.04 Å². The molecule has 1 aromatic heterocycles. The summed E-state index contributed by atoms with van der Waals surface area (Å²) in [6.07, 6.45) is 4.38. The fourth-order valence-electron chi connectivity index (χ4n) is 2.53. The molecule has 2 N–H and O–H groups in total. The van der Waals surface area contributed by atoms with Gasteiger partial charge in [0.1, 0.15) is 5.82 Å². The summed E-state index contributed by atoms with van der Waals surface area (Å²) >= 11 is 1.76. The second kappa shape index (κ2) is 9.45. The Balaban J connectivity index is 0.00000121. The van der Waals surface area contributed by atoms with Gasteiger partial charge in [-0.15, -0.1) is 36.6 Å². The number of nitrogens with one attached hydrogen (secondary N) is 2. The van der Waals surface area contributed by atoms with E-state index in [-0.39, 0.29) is 36.8 Å². The quantitative estimate of drug-likeness (QED) is 0.852. The first-order chi connectivity index (χ1) is 9.83. The molecular weight excluding hydrogens is 343 g/mol. The van der Waals surface area contributed by atoms with E-state index in [1.807, 2.05) is 6.20 Å². The maximum atomic E-state index is 11.9. The highest BCUT2D eigenvalue weighted by Crippen LogP contribution is 2.17. The van der Waals surface area contributed by atoms with Crippen LogP contribution in [0.5, 0.6) is 0 Å². The number of carbonyl (C=O) groups is 1. The summed E-state index contributed by atoms with van der Waals surface area (Å²) in [5.41, 5.74) is 1.05. The zero-order valence-electron chi connectivity index (χ0n) is 12.3. The lowest BCUT2D eigenvalue weighted by Crippen LogP contribution is -2.41. The van der Waals surface area contributed by atoms with Crippen molar-refractivity contribution in [3.05, 3.63) is 23.9 Å². The van der Waals surface area contributed by atoms with Crippen molar-refractivity contribution in [1.82, 2.24) is 15.6 Å². The third-order valence-corrected chi connectivity index (χ3v) is 4.68. The van der Waals surface area contributed by atoms with Gasteiger partial charge in [0.15, 0.2) is 0 Å². The van der Waals surface area contributed by atoms with Crippen molar-refractivity contribution >= 4 is 48.3 Å². The first-order valence-corrected chi connectivity index (χ1v) is 8.27. The molecule has 0 aliphatic carbocycles. The van der Waals surface area contributed by atoms with E-state index in [9.17, 15) is 4.79 Å². The number of nitrogens with zero attached hydrogens (tertiary/aromatic N) is 2. The number of hydrogen-bond acceptors (Lipinski definition) is 5. The van der Waals surface area contributed by atoms with Crippen LogP contribution in [0, 0.1) is 0 Å². The van der Waals surface area contributed by atoms with Gasteiger partial charge in [0.2, 0.25) is 5.91 Å². The van der Waals surface area contributed by atoms with E-state index >= 15 is 0 Å². The van der Waals surface area contributed by atoms with Crippen LogP contribution in [0.1, 0.15) is 18.4 Å². The lowest BCUT2D eigenvalue weighted by atomic mass is 10.2. The molecule has 1 aromatic rings. The van der Waals surface area contributed by atoms with Crippen molar-refractivity contribution in [2.45, 2.75) is 25.4 Å². The number of rotatable bonds is 4. The zero-order valence-corrected chi connectivity index (χ0v) is 14.7. The van der Waals surface area contributed by atoms with Gasteiger partial charge >= 0.3 is 0 Å². The SMILES string of the molecule is Cl.Cl.O=C(NCc1ccc(N2CCCC2)nc1)C1CSCN1. The van der Waals surface area contributed by atoms with Crippen LogP contribution in [0.4, 0.5) is 5.82 Å². The third-order valence-electron chi connectivity index (χ3n) is 3.74. The Morgan fingerprint density at radius 2 is 2.14 bits per heavy atom. The highest BCUT2D eigenvalue weighted by atomic mass is 35.5. The fourth-order valence-corrected chi connectivity index (χ4v) is 3.47. The minimum Gasteiger partial charge on any atom is -0.357 e. The molecule has 0 aromatic carbocycles. The van der Waals surface area contributed by atoms with Gasteiger partial charge in [-0.3, -0.25) is 10.1 Å². The summed E-state index contributed by atoms with van der Waals surface area (Å²) in [7, 11) is 0. The largest absolute Gasteiger partial charge is 0.357 e. The molecule has 2 saturated heterocycles. The Morgan fingerprint density at radius 1 is 1.36 bits per heavy atom. The fraction of sp³-hybridized carbons (Fsp3) is 0.571. The number of anilines is 1. The van der Waals surface area contributed by atoms with Crippen LogP contribution in [-0.2, 0) is 11.3 Å². The maximum Gasteiger partial charge on any atom is 0.238 e. The summed E-state index contributed by atoms with van der Waals surface area (Å²) in [5.74, 6) is 2.85. The van der Waals surface area contributed by atoms with Gasteiger partial charge in [-0.05, 0) is 24.5 Å². The van der Waals surface area contributed by atoms with Crippen molar-refractivity contribution in [2.75, 3.05) is 29.6 Å². The van der Waals surface area contributed by atoms with Crippen LogP contribution < -0.4 is 15.5 Å². The maximum absolute atomic E-state index is 11.9. The second-order valence-electron chi connectivity index (χ2n) is 5.21. The van der Waals surface area contributed by atoms with Crippen LogP contribution in [0.15, 0.2) is 18.3 Å². The van der Waals surface area contributed by atoms with Crippen LogP contribution in [-0.4, -0.2) is 41.7 Å². The molecule has 3 heterocycles. The van der Waals surface area contributed by atoms with Crippen molar-refractivity contribution in [1.29, 1.82) is 0 Å². The third kappa shape index (κ3) is 4.91. The summed E-state index contributed by atoms with van der Waals surface area (Å²) in [6, 6.07) is 4.06. The molecule has 1 amide bonds. The Morgan fingerprint density at radius 3 is 2.73 bits per heavy atom. The number of carbonyl (C=O) groups excluding carboxylic acids is 1. The van der Waals surface area contributed by atoms with E-state index in [0.29, 0.717) is 6.54 Å². The van der Waals surface area contributed by atoms with Crippen molar-refractivity contribution in [2.24, 2.45) is 0 Å². The van der Waals surface area contributed by atoms with Gasteiger partial charge in [0, 0.05) is 37.5 Å². The van der Waals surface area contributed by atoms with E-state index in [2.05, 4.69) is 32.7 Å². The van der Waals surface area contributed by atoms with Crippen LogP contribution >= 0.6 is 36.6 Å². The zero-order chi connectivity index (χ0) is 13.8. The molecule has 124 valence electrons. The van der Waals surface area contributed by atoms with Crippen LogP contribution in [0.25, 0.3) is 0 Å². The van der Waals surface area contributed by atoms with E-state index < -0.39 is 0 Å². The number of pyridine rings is 1. The Bertz CT molecular complexity index is 462. The minimum atomic E-state index is -0.0446. The molecular formula is C14H22Cl2N4OS. The summed E-state index contributed by atoms with van der Waals surface area (Å²) in [4.78, 5) is 18.7. The average molecular weight is 365 g/mol. The normalized spacial score (nSPS) is 20.2. The molecule has 8 heteroatoms. The molecule has 3 rings (SSSR count). The summed E-state index contributed by atoms with van der Waals surface area (Å²) in [6.45, 7) is 2.76. The minimum absolute atomic E-state index is 0. The van der Waals surface area contributed by atoms with Crippen molar-refractivity contribution < 1.29 is 4.79 Å². The van der Waals surface area contributed by atoms with E-state index in [0.717, 1.165) is 36.1 Å². The van der Waals surface area contributed by atoms with Crippen LogP contribution in [0.2, 0.25) is 0 Å². The number of amides is 1. The highest BCUT2D eigenvalue weighted by Gasteiger charge is 2.21. The van der Waals surface area contributed by atoms with Crippen LogP contribution in [0.3, 0.4) is 0 Å². The molecule has 0 radical (unpaired) electrons. The van der Waals surface area contributed by atoms with Gasteiger partial charge in [-0.25, -0.2) is 4.98 Å². The Labute approximate surface area is 147 Å². The first kappa shape index (κ1) is 19.4. The molecule has 22 heavy (non-hydrogen) atoms. The summed E-state index contributed by atoms with van der Waals surface area (Å²) in [5, 5.41) is 6.13. The predicted octanol–water partition coefficient (Wildman–Crippen LogP) is 1.80. The number of hydrogen-bond donors (Lipinski definition) is 2. The van der Waals surface area contributed by atoms with Gasteiger partial charge < -0.3 is 10.2 Å². The van der Waals surface area contributed by atoms with E-state index in [1.165, 1.54) is 12.8 Å². The van der Waals surface area contributed by atoms with E-state index in [1.54, 1.807) is 11.8 Å². The predicted molar refractivity (Wildman–Crippen MR) is 96.3 cm³/mol. The summed E-state index contributed by atoms with van der Waals surface area (Å²) < 4.78 is 0. The van der Waals surface area contributed by atoms with Crippen molar-refractivity contribution in [3.63, 3.8) is 0 Å². The molecule has 1 unspecified atom stereocenters. The molecule has 5 nitrogen and oxygen atoms in total. The average Bonchev–Trinajstić information content (AvgIpc) is 3.18. The molecule has 0 bridgehead atoms. The topological polar surface area (TPSA) is 57.3 Å². The van der Waals surface area contributed by atoms with Gasteiger partial charge in [-0.1, -0.05) is 6.07 Å². The Kier molecular flexibility index (Phi) is 8.31.